The Labute approximate surface area is 203 Å². The van der Waals surface area contributed by atoms with Crippen LogP contribution in [-0.4, -0.2) is 21.3 Å². The lowest BCUT2D eigenvalue weighted by Gasteiger charge is -2.29. The molecule has 4 aromatic rings. The topological polar surface area (TPSA) is 42.3 Å². The third-order valence-corrected chi connectivity index (χ3v) is 6.34. The highest BCUT2D eigenvalue weighted by Crippen LogP contribution is 2.42. The molecule has 172 valence electrons. The van der Waals surface area contributed by atoms with E-state index in [9.17, 15) is 4.39 Å². The lowest BCUT2D eigenvalue weighted by molar-refractivity contribution is 0.340. The van der Waals surface area contributed by atoms with Crippen LogP contribution in [0.1, 0.15) is 36.0 Å². The maximum absolute atomic E-state index is 14.1. The average Bonchev–Trinajstić information content (AvgIpc) is 3.46. The molecule has 5 rings (SSSR count). The summed E-state index contributed by atoms with van der Waals surface area (Å²) in [4.78, 5) is 6.67. The van der Waals surface area contributed by atoms with Crippen molar-refractivity contribution in [1.29, 1.82) is 0 Å². The first-order chi connectivity index (χ1) is 16.6. The Morgan fingerprint density at radius 1 is 1.03 bits per heavy atom. The van der Waals surface area contributed by atoms with Gasteiger partial charge < -0.3 is 19.5 Å². The van der Waals surface area contributed by atoms with Gasteiger partial charge in [0, 0.05) is 29.5 Å². The Morgan fingerprint density at radius 2 is 1.82 bits per heavy atom. The van der Waals surface area contributed by atoms with Gasteiger partial charge in [0.2, 0.25) is 0 Å². The first-order valence-corrected chi connectivity index (χ1v) is 11.6. The van der Waals surface area contributed by atoms with Crippen molar-refractivity contribution in [3.8, 4) is 11.4 Å². The SMILES string of the molecule is CCOc1ccc(-n2cccc2[C@H]2[C@H](c3ccccn3)NC(=S)N2c2ccc(F)c(C)c2)cc1. The second kappa shape index (κ2) is 9.27. The standard InChI is InChI=1S/C27H25FN4OS/c1-3-33-21-12-9-19(10-13-21)31-16-6-8-24(31)26-25(23-7-4-5-15-29-23)30-27(34)32(26)20-11-14-22(28)18(2)17-20/h4-17,25-26H,3H2,1-2H3,(H,30,34)/t25-,26-/m0/s1. The highest BCUT2D eigenvalue weighted by atomic mass is 32.1. The van der Waals surface area contributed by atoms with Crippen LogP contribution in [0.3, 0.4) is 0 Å². The third-order valence-electron chi connectivity index (χ3n) is 6.03. The van der Waals surface area contributed by atoms with E-state index >= 15 is 0 Å². The van der Waals surface area contributed by atoms with Gasteiger partial charge in [-0.05, 0) is 98.4 Å². The van der Waals surface area contributed by atoms with Crippen molar-refractivity contribution in [2.24, 2.45) is 0 Å². The molecule has 1 saturated heterocycles. The summed E-state index contributed by atoms with van der Waals surface area (Å²) in [5.74, 6) is 0.593. The van der Waals surface area contributed by atoms with Gasteiger partial charge in [0.25, 0.3) is 0 Å². The number of ether oxygens (including phenoxy) is 1. The van der Waals surface area contributed by atoms with Gasteiger partial charge in [-0.25, -0.2) is 4.39 Å². The van der Waals surface area contributed by atoms with Crippen LogP contribution >= 0.6 is 12.2 Å². The molecule has 34 heavy (non-hydrogen) atoms. The van der Waals surface area contributed by atoms with Gasteiger partial charge in [-0.3, -0.25) is 4.98 Å². The quantitative estimate of drug-likeness (QED) is 0.354. The molecule has 2 aromatic heterocycles. The molecule has 1 fully saturated rings. The van der Waals surface area contributed by atoms with Crippen molar-refractivity contribution in [2.45, 2.75) is 25.9 Å². The van der Waals surface area contributed by atoms with E-state index in [0.29, 0.717) is 17.3 Å². The summed E-state index contributed by atoms with van der Waals surface area (Å²) in [6.45, 7) is 4.35. The summed E-state index contributed by atoms with van der Waals surface area (Å²) in [5, 5.41) is 4.04. The fraction of sp³-hybridized carbons (Fsp3) is 0.185. The molecule has 5 nitrogen and oxygen atoms in total. The molecule has 0 aliphatic carbocycles. The van der Waals surface area contributed by atoms with E-state index in [1.54, 1.807) is 19.2 Å². The van der Waals surface area contributed by atoms with Crippen molar-refractivity contribution in [1.82, 2.24) is 14.9 Å². The average molecular weight is 473 g/mol. The lowest BCUT2D eigenvalue weighted by atomic mass is 10.0. The molecule has 1 N–H and O–H groups in total. The van der Waals surface area contributed by atoms with Gasteiger partial charge in [-0.1, -0.05) is 6.07 Å². The molecular weight excluding hydrogens is 447 g/mol. The monoisotopic (exact) mass is 472 g/mol. The Balaban J connectivity index is 1.62. The molecule has 7 heteroatoms. The van der Waals surface area contributed by atoms with Crippen molar-refractivity contribution < 1.29 is 9.13 Å². The smallest absolute Gasteiger partial charge is 0.174 e. The predicted molar refractivity (Wildman–Crippen MR) is 136 cm³/mol. The normalized spacial score (nSPS) is 17.6. The zero-order valence-electron chi connectivity index (χ0n) is 19.0. The van der Waals surface area contributed by atoms with E-state index in [0.717, 1.165) is 28.5 Å². The number of halogens is 1. The van der Waals surface area contributed by atoms with Gasteiger partial charge in [0.1, 0.15) is 17.6 Å². The zero-order valence-corrected chi connectivity index (χ0v) is 19.8. The number of rotatable bonds is 6. The van der Waals surface area contributed by atoms with Crippen LogP contribution in [0.5, 0.6) is 5.75 Å². The van der Waals surface area contributed by atoms with E-state index < -0.39 is 0 Å². The number of nitrogens with one attached hydrogen (secondary N) is 1. The number of pyridine rings is 1. The Morgan fingerprint density at radius 3 is 2.53 bits per heavy atom. The van der Waals surface area contributed by atoms with Crippen LogP contribution in [0, 0.1) is 12.7 Å². The summed E-state index contributed by atoms with van der Waals surface area (Å²) >= 11 is 5.80. The number of nitrogens with zero attached hydrogens (tertiary/aromatic N) is 3. The molecule has 3 heterocycles. The summed E-state index contributed by atoms with van der Waals surface area (Å²) in [7, 11) is 0. The molecule has 0 unspecified atom stereocenters. The lowest BCUT2D eigenvalue weighted by Crippen LogP contribution is -2.30. The minimum atomic E-state index is -0.239. The van der Waals surface area contributed by atoms with Crippen LogP contribution in [0.2, 0.25) is 0 Å². The first-order valence-electron chi connectivity index (χ1n) is 11.2. The molecular formula is C27H25FN4OS. The molecule has 2 atom stereocenters. The second-order valence-corrected chi connectivity index (χ2v) is 8.55. The molecule has 2 aromatic carbocycles. The molecule has 0 spiro atoms. The fourth-order valence-corrected chi connectivity index (χ4v) is 4.80. The minimum Gasteiger partial charge on any atom is -0.494 e. The molecule has 1 aliphatic rings. The number of aryl methyl sites for hydroxylation is 1. The number of anilines is 1. The summed E-state index contributed by atoms with van der Waals surface area (Å²) < 4.78 is 21.8. The van der Waals surface area contributed by atoms with E-state index in [1.165, 1.54) is 6.07 Å². The predicted octanol–water partition coefficient (Wildman–Crippen LogP) is 5.90. The van der Waals surface area contributed by atoms with Crippen molar-refractivity contribution >= 4 is 23.0 Å². The number of benzene rings is 2. The Kier molecular flexibility index (Phi) is 6.02. The summed E-state index contributed by atoms with van der Waals surface area (Å²) in [5.41, 5.74) is 4.34. The summed E-state index contributed by atoms with van der Waals surface area (Å²) in [6.07, 6.45) is 3.82. The van der Waals surface area contributed by atoms with Gasteiger partial charge in [-0.15, -0.1) is 0 Å². The summed E-state index contributed by atoms with van der Waals surface area (Å²) in [6, 6.07) is 22.7. The molecule has 0 amide bonds. The van der Waals surface area contributed by atoms with E-state index in [-0.39, 0.29) is 17.9 Å². The molecule has 0 radical (unpaired) electrons. The number of aromatic nitrogens is 2. The van der Waals surface area contributed by atoms with Gasteiger partial charge >= 0.3 is 0 Å². The number of hydrogen-bond acceptors (Lipinski definition) is 3. The van der Waals surface area contributed by atoms with Crippen LogP contribution in [0.25, 0.3) is 5.69 Å². The maximum Gasteiger partial charge on any atom is 0.174 e. The fourth-order valence-electron chi connectivity index (χ4n) is 4.45. The first kappa shape index (κ1) is 22.1. The van der Waals surface area contributed by atoms with Gasteiger partial charge in [0.15, 0.2) is 5.11 Å². The molecule has 0 bridgehead atoms. The highest BCUT2D eigenvalue weighted by molar-refractivity contribution is 7.80. The Hall–Kier alpha value is -3.71. The van der Waals surface area contributed by atoms with E-state index in [4.69, 9.17) is 17.0 Å². The van der Waals surface area contributed by atoms with Crippen LogP contribution in [0.4, 0.5) is 10.1 Å². The van der Waals surface area contributed by atoms with Crippen LogP contribution in [-0.2, 0) is 0 Å². The number of hydrogen-bond donors (Lipinski definition) is 1. The minimum absolute atomic E-state index is 0.185. The number of thiocarbonyl (C=S) groups is 1. The van der Waals surface area contributed by atoms with Gasteiger partial charge in [0.05, 0.1) is 18.3 Å². The Bertz CT molecular complexity index is 1310. The van der Waals surface area contributed by atoms with Crippen LogP contribution < -0.4 is 15.0 Å². The van der Waals surface area contributed by atoms with Crippen molar-refractivity contribution in [2.75, 3.05) is 11.5 Å². The second-order valence-electron chi connectivity index (χ2n) is 8.16. The zero-order chi connectivity index (χ0) is 23.7. The molecule has 0 saturated carbocycles. The largest absolute Gasteiger partial charge is 0.494 e. The molecule has 1 aliphatic heterocycles. The van der Waals surface area contributed by atoms with E-state index in [1.807, 2.05) is 67.7 Å². The van der Waals surface area contributed by atoms with E-state index in [2.05, 4.69) is 25.8 Å². The highest BCUT2D eigenvalue weighted by Gasteiger charge is 2.42. The van der Waals surface area contributed by atoms with Crippen LogP contribution in [0.15, 0.2) is 85.2 Å². The van der Waals surface area contributed by atoms with Crippen molar-refractivity contribution in [3.05, 3.63) is 108 Å². The third kappa shape index (κ3) is 4.03. The maximum atomic E-state index is 14.1. The van der Waals surface area contributed by atoms with Crippen molar-refractivity contribution in [3.63, 3.8) is 0 Å². The van der Waals surface area contributed by atoms with Gasteiger partial charge in [-0.2, -0.15) is 0 Å².